The highest BCUT2D eigenvalue weighted by Gasteiger charge is 2.47. The van der Waals surface area contributed by atoms with Gasteiger partial charge in [-0.15, -0.1) is 0 Å². The highest BCUT2D eigenvalue weighted by Crippen LogP contribution is 2.20. The molecule has 1 aliphatic rings. The molecule has 22 heavy (non-hydrogen) atoms. The molecule has 0 bridgehead atoms. The molecule has 1 rings (SSSR count). The first-order valence-corrected chi connectivity index (χ1v) is 6.51. The van der Waals surface area contributed by atoms with Crippen LogP contribution in [0.5, 0.6) is 0 Å². The molecule has 1 unspecified atom stereocenters. The molecule has 1 heterocycles. The standard InChI is InChI=1S/C13H15N3O6/c1-3-7-22-12(19)8-5-6-9(17)16(8)11(18)10(15-14)13(20)21-4-2/h3,8H,1,4-7H2,2H3. The van der Waals surface area contributed by atoms with E-state index in [2.05, 4.69) is 16.1 Å². The minimum Gasteiger partial charge on any atom is -0.460 e. The van der Waals surface area contributed by atoms with Gasteiger partial charge in [-0.25, -0.2) is 9.59 Å². The molecule has 9 nitrogen and oxygen atoms in total. The lowest BCUT2D eigenvalue weighted by molar-refractivity contribution is -0.157. The second-order valence-corrected chi connectivity index (χ2v) is 4.21. The van der Waals surface area contributed by atoms with E-state index < -0.39 is 35.5 Å². The molecular weight excluding hydrogens is 294 g/mol. The SMILES string of the molecule is C=CCOC(=O)C1CCC(=O)N1C(=O)C(=[N+]=[N-])C(=O)OCC. The molecule has 0 aromatic rings. The number of amides is 2. The number of rotatable bonds is 6. The Morgan fingerprint density at radius 3 is 2.68 bits per heavy atom. The zero-order chi connectivity index (χ0) is 16.7. The molecule has 0 radical (unpaired) electrons. The van der Waals surface area contributed by atoms with Crippen molar-refractivity contribution in [3.05, 3.63) is 18.2 Å². The number of ether oxygens (including phenoxy) is 2. The van der Waals surface area contributed by atoms with Crippen LogP contribution < -0.4 is 0 Å². The number of likely N-dealkylation sites (tertiary alicyclic amines) is 1. The summed E-state index contributed by atoms with van der Waals surface area (Å²) >= 11 is 0. The van der Waals surface area contributed by atoms with Crippen molar-refractivity contribution in [2.24, 2.45) is 0 Å². The van der Waals surface area contributed by atoms with Gasteiger partial charge in [0, 0.05) is 6.42 Å². The van der Waals surface area contributed by atoms with Gasteiger partial charge in [0.25, 0.3) is 0 Å². The molecule has 0 aromatic carbocycles. The molecule has 0 saturated carbocycles. The van der Waals surface area contributed by atoms with Gasteiger partial charge in [0.1, 0.15) is 12.6 Å². The molecule has 9 heteroatoms. The summed E-state index contributed by atoms with van der Waals surface area (Å²) in [4.78, 5) is 50.5. The largest absolute Gasteiger partial charge is 0.463 e. The molecule has 118 valence electrons. The monoisotopic (exact) mass is 309 g/mol. The van der Waals surface area contributed by atoms with Crippen LogP contribution in [-0.4, -0.2) is 58.4 Å². The minimum atomic E-state index is -1.20. The van der Waals surface area contributed by atoms with Crippen molar-refractivity contribution in [1.82, 2.24) is 4.90 Å². The Morgan fingerprint density at radius 1 is 1.45 bits per heavy atom. The first-order valence-electron chi connectivity index (χ1n) is 6.51. The van der Waals surface area contributed by atoms with Crippen molar-refractivity contribution < 1.29 is 33.4 Å². The molecule has 1 saturated heterocycles. The summed E-state index contributed by atoms with van der Waals surface area (Å²) in [5.41, 5.74) is 7.83. The van der Waals surface area contributed by atoms with Gasteiger partial charge in [0.15, 0.2) is 0 Å². The quantitative estimate of drug-likeness (QED) is 0.162. The Morgan fingerprint density at radius 2 is 2.14 bits per heavy atom. The van der Waals surface area contributed by atoms with E-state index in [1.54, 1.807) is 0 Å². The molecule has 0 spiro atoms. The van der Waals surface area contributed by atoms with E-state index in [4.69, 9.17) is 10.3 Å². The second kappa shape index (κ2) is 7.84. The third kappa shape index (κ3) is 3.64. The summed E-state index contributed by atoms with van der Waals surface area (Å²) in [5.74, 6) is -3.87. The van der Waals surface area contributed by atoms with Crippen LogP contribution in [0.1, 0.15) is 19.8 Å². The van der Waals surface area contributed by atoms with Crippen molar-refractivity contribution in [3.8, 4) is 0 Å². The lowest BCUT2D eigenvalue weighted by Gasteiger charge is -2.19. The van der Waals surface area contributed by atoms with Gasteiger partial charge in [-0.2, -0.15) is 4.79 Å². The van der Waals surface area contributed by atoms with E-state index in [0.29, 0.717) is 4.90 Å². The van der Waals surface area contributed by atoms with E-state index in [0.717, 1.165) is 0 Å². The number of esters is 2. The Hall–Kier alpha value is -2.80. The average Bonchev–Trinajstić information content (AvgIpc) is 2.87. The molecule has 0 N–H and O–H groups in total. The Balaban J connectivity index is 2.99. The van der Waals surface area contributed by atoms with E-state index in [-0.39, 0.29) is 26.1 Å². The second-order valence-electron chi connectivity index (χ2n) is 4.21. The maximum Gasteiger partial charge on any atom is 0.463 e. The van der Waals surface area contributed by atoms with Gasteiger partial charge < -0.3 is 15.0 Å². The van der Waals surface area contributed by atoms with E-state index >= 15 is 0 Å². The van der Waals surface area contributed by atoms with Crippen molar-refractivity contribution in [2.45, 2.75) is 25.8 Å². The maximum absolute atomic E-state index is 12.2. The number of carbonyl (C=O) groups excluding carboxylic acids is 4. The Kier molecular flexibility index (Phi) is 6.15. The number of imide groups is 1. The third-order valence-corrected chi connectivity index (χ3v) is 2.82. The summed E-state index contributed by atoms with van der Waals surface area (Å²) in [6.07, 6.45) is 1.32. The van der Waals surface area contributed by atoms with E-state index in [9.17, 15) is 19.2 Å². The number of hydrogen-bond acceptors (Lipinski definition) is 6. The predicted octanol–water partition coefficient (Wildman–Crippen LogP) is -0.533. The van der Waals surface area contributed by atoms with Gasteiger partial charge in [-0.3, -0.25) is 14.5 Å². The molecule has 1 atom stereocenters. The highest BCUT2D eigenvalue weighted by atomic mass is 16.5. The Bertz CT molecular complexity index is 564. The lowest BCUT2D eigenvalue weighted by atomic mass is 10.2. The smallest absolute Gasteiger partial charge is 0.460 e. The Labute approximate surface area is 126 Å². The van der Waals surface area contributed by atoms with E-state index in [1.165, 1.54) is 13.0 Å². The van der Waals surface area contributed by atoms with Crippen LogP contribution in [-0.2, 0) is 28.7 Å². The third-order valence-electron chi connectivity index (χ3n) is 2.82. The number of nitrogens with zero attached hydrogens (tertiary/aromatic N) is 3. The molecule has 1 aliphatic heterocycles. The van der Waals surface area contributed by atoms with Crippen LogP contribution >= 0.6 is 0 Å². The molecule has 0 aliphatic carbocycles. The molecular formula is C13H15N3O6. The first-order chi connectivity index (χ1) is 10.5. The molecule has 1 fully saturated rings. The van der Waals surface area contributed by atoms with Crippen LogP contribution in [0.25, 0.3) is 5.53 Å². The van der Waals surface area contributed by atoms with Crippen LogP contribution in [0.2, 0.25) is 0 Å². The normalized spacial score (nSPS) is 16.7. The summed E-state index contributed by atoms with van der Waals surface area (Å²) in [5, 5.41) is 0. The number of carbonyl (C=O) groups is 4. The van der Waals surface area contributed by atoms with E-state index in [1.807, 2.05) is 0 Å². The van der Waals surface area contributed by atoms with Crippen LogP contribution in [0, 0.1) is 0 Å². The summed E-state index contributed by atoms with van der Waals surface area (Å²) in [6, 6.07) is -1.17. The van der Waals surface area contributed by atoms with Crippen molar-refractivity contribution >= 4 is 29.5 Å². The van der Waals surface area contributed by atoms with Crippen LogP contribution in [0.15, 0.2) is 12.7 Å². The van der Waals surface area contributed by atoms with Gasteiger partial charge >= 0.3 is 23.6 Å². The van der Waals surface area contributed by atoms with Gasteiger partial charge in [0.2, 0.25) is 5.91 Å². The summed E-state index contributed by atoms with van der Waals surface area (Å²) in [7, 11) is 0. The fourth-order valence-electron chi connectivity index (χ4n) is 1.88. The van der Waals surface area contributed by atoms with Crippen molar-refractivity contribution in [3.63, 3.8) is 0 Å². The average molecular weight is 309 g/mol. The topological polar surface area (TPSA) is 126 Å². The zero-order valence-electron chi connectivity index (χ0n) is 12.0. The zero-order valence-corrected chi connectivity index (χ0v) is 12.0. The summed E-state index contributed by atoms with van der Waals surface area (Å²) in [6.45, 7) is 4.74. The molecule has 2 amide bonds. The van der Waals surface area contributed by atoms with Crippen LogP contribution in [0.3, 0.4) is 0 Å². The fourth-order valence-corrected chi connectivity index (χ4v) is 1.88. The lowest BCUT2D eigenvalue weighted by Crippen LogP contribution is -2.49. The highest BCUT2D eigenvalue weighted by molar-refractivity contribution is 6.62. The van der Waals surface area contributed by atoms with Gasteiger partial charge in [-0.1, -0.05) is 12.7 Å². The first kappa shape index (κ1) is 17.3. The number of hydrogen-bond donors (Lipinski definition) is 0. The van der Waals surface area contributed by atoms with Gasteiger partial charge in [0.05, 0.1) is 6.61 Å². The predicted molar refractivity (Wildman–Crippen MR) is 71.3 cm³/mol. The van der Waals surface area contributed by atoms with Crippen LogP contribution in [0.4, 0.5) is 0 Å². The summed E-state index contributed by atoms with van der Waals surface area (Å²) < 4.78 is 9.36. The van der Waals surface area contributed by atoms with Gasteiger partial charge in [-0.05, 0) is 13.3 Å². The maximum atomic E-state index is 12.2. The minimum absolute atomic E-state index is 0.0517. The van der Waals surface area contributed by atoms with Crippen molar-refractivity contribution in [2.75, 3.05) is 13.2 Å². The van der Waals surface area contributed by atoms with Crippen molar-refractivity contribution in [1.29, 1.82) is 0 Å². The molecule has 0 aromatic heterocycles. The fraction of sp³-hybridized carbons (Fsp3) is 0.462.